The monoisotopic (exact) mass is 282 g/mol. The standard InChI is InChI=1S/C15H26N2OS/c1-11(2)16-8-15-17-13(10-19-15)9-18-14-6-4-5-12(3)7-14/h10-12,14,16H,4-9H2,1-3H3. The van der Waals surface area contributed by atoms with Crippen LogP contribution in [0, 0.1) is 5.92 Å². The van der Waals surface area contributed by atoms with Gasteiger partial charge in [-0.2, -0.15) is 0 Å². The Morgan fingerprint density at radius 3 is 3.05 bits per heavy atom. The molecule has 1 aliphatic rings. The summed E-state index contributed by atoms with van der Waals surface area (Å²) in [7, 11) is 0. The molecule has 1 heterocycles. The Balaban J connectivity index is 1.73. The summed E-state index contributed by atoms with van der Waals surface area (Å²) >= 11 is 1.73. The highest BCUT2D eigenvalue weighted by Gasteiger charge is 2.19. The molecular formula is C15H26N2OS. The van der Waals surface area contributed by atoms with Gasteiger partial charge in [0.2, 0.25) is 0 Å². The Bertz CT molecular complexity index is 378. The molecule has 0 radical (unpaired) electrons. The topological polar surface area (TPSA) is 34.1 Å². The smallest absolute Gasteiger partial charge is 0.107 e. The average molecular weight is 282 g/mol. The van der Waals surface area contributed by atoms with E-state index in [-0.39, 0.29) is 0 Å². The first kappa shape index (κ1) is 14.9. The molecule has 4 heteroatoms. The molecule has 3 nitrogen and oxygen atoms in total. The number of rotatable bonds is 6. The van der Waals surface area contributed by atoms with Crippen LogP contribution in [-0.2, 0) is 17.9 Å². The molecule has 1 N–H and O–H groups in total. The van der Waals surface area contributed by atoms with Crippen molar-refractivity contribution >= 4 is 11.3 Å². The Kier molecular flexibility index (Phi) is 5.79. The number of nitrogens with one attached hydrogen (secondary N) is 1. The molecule has 0 aliphatic heterocycles. The Morgan fingerprint density at radius 1 is 1.47 bits per heavy atom. The molecule has 2 atom stereocenters. The average Bonchev–Trinajstić information content (AvgIpc) is 2.82. The van der Waals surface area contributed by atoms with Crippen molar-refractivity contribution in [2.75, 3.05) is 0 Å². The first-order chi connectivity index (χ1) is 9.13. The highest BCUT2D eigenvalue weighted by Crippen LogP contribution is 2.26. The lowest BCUT2D eigenvalue weighted by Gasteiger charge is -2.26. The quantitative estimate of drug-likeness (QED) is 0.863. The van der Waals surface area contributed by atoms with Crippen LogP contribution in [0.4, 0.5) is 0 Å². The van der Waals surface area contributed by atoms with Gasteiger partial charge in [-0.05, 0) is 18.8 Å². The predicted molar refractivity (Wildman–Crippen MR) is 80.3 cm³/mol. The Labute approximate surface area is 120 Å². The third kappa shape index (κ3) is 5.21. The van der Waals surface area contributed by atoms with Gasteiger partial charge in [0.25, 0.3) is 0 Å². The van der Waals surface area contributed by atoms with Crippen molar-refractivity contribution in [3.8, 4) is 0 Å². The number of hydrogen-bond donors (Lipinski definition) is 1. The van der Waals surface area contributed by atoms with Crippen molar-refractivity contribution in [3.63, 3.8) is 0 Å². The van der Waals surface area contributed by atoms with E-state index in [9.17, 15) is 0 Å². The molecule has 0 bridgehead atoms. The number of thiazole rings is 1. The fraction of sp³-hybridized carbons (Fsp3) is 0.800. The molecule has 1 saturated carbocycles. The zero-order valence-electron chi connectivity index (χ0n) is 12.3. The SMILES string of the molecule is CC1CCCC(OCc2csc(CNC(C)C)n2)C1. The van der Waals surface area contributed by atoms with Crippen LogP contribution in [0.5, 0.6) is 0 Å². The van der Waals surface area contributed by atoms with Gasteiger partial charge in [0.15, 0.2) is 0 Å². The van der Waals surface area contributed by atoms with Crippen molar-refractivity contribution < 1.29 is 4.74 Å². The van der Waals surface area contributed by atoms with Gasteiger partial charge < -0.3 is 10.1 Å². The summed E-state index contributed by atoms with van der Waals surface area (Å²) in [6.07, 6.45) is 5.55. The lowest BCUT2D eigenvalue weighted by atomic mass is 9.89. The van der Waals surface area contributed by atoms with E-state index in [1.807, 2.05) is 0 Å². The first-order valence-electron chi connectivity index (χ1n) is 7.41. The lowest BCUT2D eigenvalue weighted by Crippen LogP contribution is -2.22. The molecular weight excluding hydrogens is 256 g/mol. The van der Waals surface area contributed by atoms with Crippen molar-refractivity contribution in [1.29, 1.82) is 0 Å². The number of nitrogens with zero attached hydrogens (tertiary/aromatic N) is 1. The highest BCUT2D eigenvalue weighted by atomic mass is 32.1. The maximum Gasteiger partial charge on any atom is 0.107 e. The van der Waals surface area contributed by atoms with E-state index in [1.54, 1.807) is 11.3 Å². The Hall–Kier alpha value is -0.450. The minimum absolute atomic E-state index is 0.447. The minimum Gasteiger partial charge on any atom is -0.372 e. The second kappa shape index (κ2) is 7.36. The van der Waals surface area contributed by atoms with Crippen molar-refractivity contribution in [3.05, 3.63) is 16.1 Å². The number of hydrogen-bond acceptors (Lipinski definition) is 4. The van der Waals surface area contributed by atoms with Crippen LogP contribution in [0.25, 0.3) is 0 Å². The van der Waals surface area contributed by atoms with Gasteiger partial charge in [-0.15, -0.1) is 11.3 Å². The van der Waals surface area contributed by atoms with Crippen LogP contribution in [0.2, 0.25) is 0 Å². The summed E-state index contributed by atoms with van der Waals surface area (Å²) in [4.78, 5) is 4.62. The fourth-order valence-electron chi connectivity index (χ4n) is 2.52. The third-order valence-electron chi connectivity index (χ3n) is 3.62. The molecule has 0 saturated heterocycles. The van der Waals surface area contributed by atoms with E-state index < -0.39 is 0 Å². The maximum atomic E-state index is 6.00. The molecule has 19 heavy (non-hydrogen) atoms. The van der Waals surface area contributed by atoms with Crippen LogP contribution in [-0.4, -0.2) is 17.1 Å². The van der Waals surface area contributed by atoms with Gasteiger partial charge in [-0.25, -0.2) is 4.98 Å². The number of ether oxygens (including phenoxy) is 1. The molecule has 0 amide bonds. The molecule has 108 valence electrons. The predicted octanol–water partition coefficient (Wildman–Crippen LogP) is 3.74. The van der Waals surface area contributed by atoms with E-state index in [2.05, 4.69) is 36.5 Å². The summed E-state index contributed by atoms with van der Waals surface area (Å²) in [5.74, 6) is 0.819. The number of aromatic nitrogens is 1. The maximum absolute atomic E-state index is 6.00. The second-order valence-electron chi connectivity index (χ2n) is 5.97. The largest absolute Gasteiger partial charge is 0.372 e. The molecule has 1 aliphatic carbocycles. The first-order valence-corrected chi connectivity index (χ1v) is 8.29. The second-order valence-corrected chi connectivity index (χ2v) is 6.92. The van der Waals surface area contributed by atoms with Crippen molar-refractivity contribution in [2.45, 2.75) is 71.8 Å². The molecule has 1 aromatic rings. The van der Waals surface area contributed by atoms with Gasteiger partial charge in [0, 0.05) is 18.0 Å². The summed E-state index contributed by atoms with van der Waals surface area (Å²) in [5.41, 5.74) is 1.09. The summed E-state index contributed by atoms with van der Waals surface area (Å²) in [5, 5.41) is 6.68. The normalized spacial score (nSPS) is 24.0. The van der Waals surface area contributed by atoms with E-state index in [4.69, 9.17) is 4.74 Å². The van der Waals surface area contributed by atoms with E-state index >= 15 is 0 Å². The minimum atomic E-state index is 0.447. The van der Waals surface area contributed by atoms with Gasteiger partial charge in [-0.1, -0.05) is 33.6 Å². The highest BCUT2D eigenvalue weighted by molar-refractivity contribution is 7.09. The molecule has 0 spiro atoms. The van der Waals surface area contributed by atoms with Gasteiger partial charge >= 0.3 is 0 Å². The van der Waals surface area contributed by atoms with Crippen molar-refractivity contribution in [1.82, 2.24) is 10.3 Å². The summed E-state index contributed by atoms with van der Waals surface area (Å²) in [6, 6.07) is 0.507. The Morgan fingerprint density at radius 2 is 2.32 bits per heavy atom. The van der Waals surface area contributed by atoms with Gasteiger partial charge in [0.05, 0.1) is 18.4 Å². The summed E-state index contributed by atoms with van der Waals surface area (Å²) < 4.78 is 6.00. The zero-order valence-corrected chi connectivity index (χ0v) is 13.1. The zero-order chi connectivity index (χ0) is 13.7. The van der Waals surface area contributed by atoms with Crippen LogP contribution < -0.4 is 5.32 Å². The van der Waals surface area contributed by atoms with Crippen LogP contribution in [0.15, 0.2) is 5.38 Å². The third-order valence-corrected chi connectivity index (χ3v) is 4.51. The summed E-state index contributed by atoms with van der Waals surface area (Å²) in [6.45, 7) is 8.18. The van der Waals surface area contributed by atoms with Crippen LogP contribution in [0.3, 0.4) is 0 Å². The fourth-order valence-corrected chi connectivity index (χ4v) is 3.25. The molecule has 1 aromatic heterocycles. The van der Waals surface area contributed by atoms with Gasteiger partial charge in [0.1, 0.15) is 5.01 Å². The van der Waals surface area contributed by atoms with Gasteiger partial charge in [-0.3, -0.25) is 0 Å². The molecule has 2 rings (SSSR count). The molecule has 0 aromatic carbocycles. The molecule has 2 unspecified atom stereocenters. The van der Waals surface area contributed by atoms with E-state index in [0.717, 1.165) is 23.2 Å². The van der Waals surface area contributed by atoms with Crippen LogP contribution >= 0.6 is 11.3 Å². The molecule has 1 fully saturated rings. The van der Waals surface area contributed by atoms with E-state index in [0.29, 0.717) is 18.8 Å². The lowest BCUT2D eigenvalue weighted by molar-refractivity contribution is 0.00336. The van der Waals surface area contributed by atoms with Crippen molar-refractivity contribution in [2.24, 2.45) is 5.92 Å². The van der Waals surface area contributed by atoms with E-state index in [1.165, 1.54) is 25.7 Å². The van der Waals surface area contributed by atoms with Crippen LogP contribution in [0.1, 0.15) is 57.2 Å².